The van der Waals surface area contributed by atoms with Crippen LogP contribution < -0.4 is 5.54 Å². The highest BCUT2D eigenvalue weighted by molar-refractivity contribution is 5.67. The van der Waals surface area contributed by atoms with Gasteiger partial charge in [0.1, 0.15) is 0 Å². The number of nitrogens with one attached hydrogen (secondary N) is 1. The van der Waals surface area contributed by atoms with Crippen molar-refractivity contribution in [1.29, 1.82) is 0 Å². The first-order valence-corrected chi connectivity index (χ1v) is 6.10. The van der Waals surface area contributed by atoms with Gasteiger partial charge in [-0.2, -0.15) is 9.93 Å². The summed E-state index contributed by atoms with van der Waals surface area (Å²) in [6.07, 6.45) is -0.221. The van der Waals surface area contributed by atoms with Gasteiger partial charge in [-0.05, 0) is 0 Å². The minimum Gasteiger partial charge on any atom is -0.378 e. The largest absolute Gasteiger partial charge is 0.378 e. The maximum Gasteiger partial charge on any atom is 0.303 e. The summed E-state index contributed by atoms with van der Waals surface area (Å²) in [6.45, 7) is 2.87. The molecule has 1 N–H and O–H groups in total. The fraction of sp³-hybridized carbons (Fsp3) is 0.909. The van der Waals surface area contributed by atoms with Crippen molar-refractivity contribution in [3.8, 4) is 0 Å². The standard InChI is InChI=1S/C11H21F2NO5/c12-11(15)1-3-16-5-7-18-9-10-19-8-6-17-4-2-14-13/h14H,1-10H2. The van der Waals surface area contributed by atoms with Gasteiger partial charge in [-0.25, -0.2) is 0 Å². The molecule has 0 aliphatic carbocycles. The second kappa shape index (κ2) is 15.4. The molecule has 0 aliphatic rings. The fourth-order valence-corrected chi connectivity index (χ4v) is 1.02. The van der Waals surface area contributed by atoms with Crippen LogP contribution in [-0.2, 0) is 23.7 Å². The molecule has 0 heterocycles. The first-order chi connectivity index (χ1) is 9.27. The van der Waals surface area contributed by atoms with Crippen LogP contribution in [-0.4, -0.2) is 65.4 Å². The van der Waals surface area contributed by atoms with E-state index in [9.17, 15) is 13.7 Å². The van der Waals surface area contributed by atoms with Gasteiger partial charge >= 0.3 is 6.04 Å². The Hall–Kier alpha value is -0.670. The second-order valence-electron chi connectivity index (χ2n) is 3.44. The van der Waals surface area contributed by atoms with Crippen molar-refractivity contribution in [1.82, 2.24) is 5.54 Å². The van der Waals surface area contributed by atoms with E-state index in [0.717, 1.165) is 0 Å². The molecule has 8 heteroatoms. The number of ether oxygens (including phenoxy) is 4. The lowest BCUT2D eigenvalue weighted by atomic mass is 10.5. The Morgan fingerprint density at radius 3 is 1.63 bits per heavy atom. The summed E-state index contributed by atoms with van der Waals surface area (Å²) in [4.78, 5) is 9.94. The van der Waals surface area contributed by atoms with E-state index in [0.29, 0.717) is 46.2 Å². The number of rotatable bonds is 15. The van der Waals surface area contributed by atoms with Crippen LogP contribution in [0.2, 0.25) is 0 Å². The van der Waals surface area contributed by atoms with E-state index >= 15 is 0 Å². The molecule has 6 nitrogen and oxygen atoms in total. The lowest BCUT2D eigenvalue weighted by Crippen LogP contribution is -2.15. The quantitative estimate of drug-likeness (QED) is 0.267. The average molecular weight is 285 g/mol. The van der Waals surface area contributed by atoms with Gasteiger partial charge in [0.15, 0.2) is 0 Å². The Bertz CT molecular complexity index is 210. The third-order valence-electron chi connectivity index (χ3n) is 1.90. The van der Waals surface area contributed by atoms with Crippen molar-refractivity contribution in [3.05, 3.63) is 0 Å². The summed E-state index contributed by atoms with van der Waals surface area (Å²) < 4.78 is 43.5. The van der Waals surface area contributed by atoms with Gasteiger partial charge in [-0.3, -0.25) is 4.79 Å². The minimum atomic E-state index is -1.38. The van der Waals surface area contributed by atoms with Crippen LogP contribution in [0.5, 0.6) is 0 Å². The first kappa shape index (κ1) is 18.3. The number of hydrogen-bond acceptors (Lipinski definition) is 6. The first-order valence-electron chi connectivity index (χ1n) is 6.10. The summed E-state index contributed by atoms with van der Waals surface area (Å²) >= 11 is 0. The Labute approximate surface area is 111 Å². The van der Waals surface area contributed by atoms with Crippen molar-refractivity contribution in [2.24, 2.45) is 0 Å². The van der Waals surface area contributed by atoms with E-state index in [1.165, 1.54) is 5.54 Å². The van der Waals surface area contributed by atoms with Gasteiger partial charge in [-0.15, -0.1) is 4.48 Å². The Kier molecular flexibility index (Phi) is 14.8. The summed E-state index contributed by atoms with van der Waals surface area (Å²) in [5.74, 6) is 0. The number of carbonyl (C=O) groups is 1. The van der Waals surface area contributed by atoms with Crippen molar-refractivity contribution >= 4 is 6.04 Å². The predicted octanol–water partition coefficient (Wildman–Crippen LogP) is 0.413. The molecule has 0 aromatic heterocycles. The van der Waals surface area contributed by atoms with E-state index in [2.05, 4.69) is 0 Å². The molecule has 0 bridgehead atoms. The smallest absolute Gasteiger partial charge is 0.303 e. The SMILES string of the molecule is O=C(F)CCOCCOCCOCCOCCNF. The molecular formula is C11H21F2NO5. The maximum absolute atomic E-state index is 11.7. The lowest BCUT2D eigenvalue weighted by Gasteiger charge is -2.06. The van der Waals surface area contributed by atoms with Crippen LogP contribution in [0.1, 0.15) is 6.42 Å². The monoisotopic (exact) mass is 285 g/mol. The van der Waals surface area contributed by atoms with Crippen LogP contribution in [0.4, 0.5) is 8.87 Å². The topological polar surface area (TPSA) is 66.0 Å². The molecule has 0 radical (unpaired) electrons. The third-order valence-corrected chi connectivity index (χ3v) is 1.90. The van der Waals surface area contributed by atoms with Crippen molar-refractivity contribution < 1.29 is 32.6 Å². The molecule has 0 amide bonds. The van der Waals surface area contributed by atoms with E-state index in [-0.39, 0.29) is 19.6 Å². The number of halogens is 2. The van der Waals surface area contributed by atoms with Gasteiger partial charge < -0.3 is 18.9 Å². The molecule has 0 fully saturated rings. The third kappa shape index (κ3) is 17.3. The fourth-order valence-electron chi connectivity index (χ4n) is 1.02. The number of carbonyl (C=O) groups excluding carboxylic acids is 1. The molecule has 0 unspecified atom stereocenters. The molecule has 19 heavy (non-hydrogen) atoms. The Morgan fingerprint density at radius 2 is 1.21 bits per heavy atom. The molecule has 0 aromatic carbocycles. The van der Waals surface area contributed by atoms with Gasteiger partial charge in [0.2, 0.25) is 0 Å². The molecule has 0 aromatic rings. The normalized spacial score (nSPS) is 10.8. The van der Waals surface area contributed by atoms with Crippen LogP contribution in [0, 0.1) is 0 Å². The summed E-state index contributed by atoms with van der Waals surface area (Å²) in [5, 5.41) is 0. The zero-order chi connectivity index (χ0) is 14.2. The Balaban J connectivity index is 2.93. The second-order valence-corrected chi connectivity index (χ2v) is 3.44. The van der Waals surface area contributed by atoms with Crippen LogP contribution in [0.3, 0.4) is 0 Å². The molecule has 0 aliphatic heterocycles. The van der Waals surface area contributed by atoms with E-state index in [4.69, 9.17) is 18.9 Å². The van der Waals surface area contributed by atoms with Gasteiger partial charge in [-0.1, -0.05) is 0 Å². The van der Waals surface area contributed by atoms with E-state index in [1.54, 1.807) is 0 Å². The van der Waals surface area contributed by atoms with Gasteiger partial charge in [0.05, 0.1) is 59.3 Å². The zero-order valence-electron chi connectivity index (χ0n) is 10.9. The summed E-state index contributed by atoms with van der Waals surface area (Å²) in [7, 11) is 0. The predicted molar refractivity (Wildman–Crippen MR) is 63.1 cm³/mol. The van der Waals surface area contributed by atoms with E-state index in [1.807, 2.05) is 0 Å². The highest BCUT2D eigenvalue weighted by Gasteiger charge is 1.97. The van der Waals surface area contributed by atoms with Crippen molar-refractivity contribution in [2.75, 3.05) is 59.4 Å². The molecule has 0 spiro atoms. The minimum absolute atomic E-state index is 0.0697. The summed E-state index contributed by atoms with van der Waals surface area (Å²) in [5.41, 5.74) is 1.48. The van der Waals surface area contributed by atoms with Crippen LogP contribution in [0.15, 0.2) is 0 Å². The molecule has 0 atom stereocenters. The zero-order valence-corrected chi connectivity index (χ0v) is 10.9. The lowest BCUT2D eigenvalue weighted by molar-refractivity contribution is -0.130. The molecule has 0 saturated carbocycles. The molecular weight excluding hydrogens is 264 g/mol. The summed E-state index contributed by atoms with van der Waals surface area (Å²) in [6, 6.07) is -1.38. The molecule has 0 rings (SSSR count). The van der Waals surface area contributed by atoms with Crippen molar-refractivity contribution in [3.63, 3.8) is 0 Å². The highest BCUT2D eigenvalue weighted by Crippen LogP contribution is 1.87. The molecule has 0 saturated heterocycles. The highest BCUT2D eigenvalue weighted by atomic mass is 19.2. The number of hydrogen-bond donors (Lipinski definition) is 1. The van der Waals surface area contributed by atoms with Crippen molar-refractivity contribution in [2.45, 2.75) is 6.42 Å². The Morgan fingerprint density at radius 1 is 0.789 bits per heavy atom. The van der Waals surface area contributed by atoms with E-state index < -0.39 is 6.04 Å². The van der Waals surface area contributed by atoms with Crippen LogP contribution in [0.25, 0.3) is 0 Å². The van der Waals surface area contributed by atoms with Gasteiger partial charge in [0, 0.05) is 6.54 Å². The molecule has 114 valence electrons. The maximum atomic E-state index is 11.7. The van der Waals surface area contributed by atoms with Gasteiger partial charge in [0.25, 0.3) is 0 Å². The van der Waals surface area contributed by atoms with Crippen LogP contribution >= 0.6 is 0 Å². The average Bonchev–Trinajstić information content (AvgIpc) is 2.39.